The molecule has 0 saturated carbocycles. The number of hydrogen-bond acceptors (Lipinski definition) is 4. The lowest BCUT2D eigenvalue weighted by molar-refractivity contribution is -0.147. The average Bonchev–Trinajstić information content (AvgIpc) is 2.54. The van der Waals surface area contributed by atoms with Crippen molar-refractivity contribution in [2.75, 3.05) is 19.6 Å². The van der Waals surface area contributed by atoms with Crippen LogP contribution in [0.2, 0.25) is 0 Å². The van der Waals surface area contributed by atoms with Crippen molar-refractivity contribution in [1.29, 1.82) is 0 Å². The van der Waals surface area contributed by atoms with Gasteiger partial charge < -0.3 is 20.1 Å². The number of carboxylic acid groups (broad SMARTS) is 1. The maximum absolute atomic E-state index is 12.4. The van der Waals surface area contributed by atoms with E-state index in [4.69, 9.17) is 4.74 Å². The SMILES string of the molecule is CC(C)(C)OC(=O)N1CCC(CCC2(CC(=O)O)CCCNC2=O)CC1. The standard InChI is InChI=1S/C19H32N2O5/c1-18(2,3)26-17(25)21-11-6-14(7-12-21)5-9-19(13-15(22)23)8-4-10-20-16(19)24/h14H,4-13H2,1-3H3,(H,20,24)(H,22,23). The number of nitrogens with one attached hydrogen (secondary N) is 1. The summed E-state index contributed by atoms with van der Waals surface area (Å²) in [5.41, 5.74) is -1.27. The molecule has 0 radical (unpaired) electrons. The average molecular weight is 368 g/mol. The zero-order chi connectivity index (χ0) is 19.4. The van der Waals surface area contributed by atoms with Gasteiger partial charge in [0, 0.05) is 19.6 Å². The maximum Gasteiger partial charge on any atom is 0.410 e. The van der Waals surface area contributed by atoms with E-state index in [-0.39, 0.29) is 18.4 Å². The lowest BCUT2D eigenvalue weighted by atomic mass is 9.71. The number of nitrogens with zero attached hydrogens (tertiary/aromatic N) is 1. The van der Waals surface area contributed by atoms with Crippen LogP contribution in [0.1, 0.15) is 65.7 Å². The van der Waals surface area contributed by atoms with E-state index in [0.29, 0.717) is 38.4 Å². The molecular formula is C19H32N2O5. The normalized spacial score (nSPS) is 24.9. The first kappa shape index (κ1) is 20.5. The van der Waals surface area contributed by atoms with Crippen molar-refractivity contribution in [1.82, 2.24) is 10.2 Å². The van der Waals surface area contributed by atoms with Crippen LogP contribution in [0.25, 0.3) is 0 Å². The topological polar surface area (TPSA) is 95.9 Å². The summed E-state index contributed by atoms with van der Waals surface area (Å²) in [5, 5.41) is 12.1. The summed E-state index contributed by atoms with van der Waals surface area (Å²) in [6.07, 6.45) is 4.25. The van der Waals surface area contributed by atoms with Crippen LogP contribution in [0, 0.1) is 11.3 Å². The molecule has 2 rings (SSSR count). The lowest BCUT2D eigenvalue weighted by Gasteiger charge is -2.38. The predicted octanol–water partition coefficient (Wildman–Crippen LogP) is 2.78. The first-order chi connectivity index (χ1) is 12.1. The van der Waals surface area contributed by atoms with E-state index in [1.807, 2.05) is 20.8 Å². The third-order valence-corrected chi connectivity index (χ3v) is 5.39. The van der Waals surface area contributed by atoms with Crippen LogP contribution in [0.15, 0.2) is 0 Å². The summed E-state index contributed by atoms with van der Waals surface area (Å²) < 4.78 is 5.41. The molecule has 0 bridgehead atoms. The van der Waals surface area contributed by atoms with Crippen molar-refractivity contribution in [3.05, 3.63) is 0 Å². The Hall–Kier alpha value is -1.79. The first-order valence-electron chi connectivity index (χ1n) is 9.59. The monoisotopic (exact) mass is 368 g/mol. The van der Waals surface area contributed by atoms with Gasteiger partial charge in [-0.05, 0) is 65.2 Å². The maximum atomic E-state index is 12.4. The number of likely N-dealkylation sites (tertiary alicyclic amines) is 1. The minimum Gasteiger partial charge on any atom is -0.481 e. The number of ether oxygens (including phenoxy) is 1. The van der Waals surface area contributed by atoms with Gasteiger partial charge in [-0.25, -0.2) is 4.79 Å². The molecule has 1 atom stereocenters. The quantitative estimate of drug-likeness (QED) is 0.778. The molecule has 0 aromatic carbocycles. The van der Waals surface area contributed by atoms with Crippen LogP contribution < -0.4 is 5.32 Å². The van der Waals surface area contributed by atoms with Crippen molar-refractivity contribution >= 4 is 18.0 Å². The van der Waals surface area contributed by atoms with E-state index in [0.717, 1.165) is 25.7 Å². The van der Waals surface area contributed by atoms with Crippen LogP contribution in [-0.4, -0.2) is 53.2 Å². The second-order valence-corrected chi connectivity index (χ2v) is 8.66. The summed E-state index contributed by atoms with van der Waals surface area (Å²) in [6.45, 7) is 7.50. The molecule has 2 amide bonds. The largest absolute Gasteiger partial charge is 0.481 e. The molecule has 0 aromatic rings. The van der Waals surface area contributed by atoms with Gasteiger partial charge in [-0.15, -0.1) is 0 Å². The van der Waals surface area contributed by atoms with Crippen molar-refractivity contribution in [3.8, 4) is 0 Å². The second-order valence-electron chi connectivity index (χ2n) is 8.66. The number of amides is 2. The van der Waals surface area contributed by atoms with Gasteiger partial charge in [-0.3, -0.25) is 9.59 Å². The molecule has 0 spiro atoms. The van der Waals surface area contributed by atoms with Crippen LogP contribution >= 0.6 is 0 Å². The molecule has 7 heteroatoms. The molecule has 2 saturated heterocycles. The number of rotatable bonds is 5. The third-order valence-electron chi connectivity index (χ3n) is 5.39. The van der Waals surface area contributed by atoms with Crippen molar-refractivity contribution in [2.24, 2.45) is 11.3 Å². The summed E-state index contributed by atoms with van der Waals surface area (Å²) in [5.74, 6) is -0.617. The van der Waals surface area contributed by atoms with Crippen LogP contribution in [0.5, 0.6) is 0 Å². The summed E-state index contributed by atoms with van der Waals surface area (Å²) >= 11 is 0. The third kappa shape index (κ3) is 5.61. The molecule has 2 heterocycles. The number of piperidine rings is 2. The molecule has 2 aliphatic rings. The summed E-state index contributed by atoms with van der Waals surface area (Å²) in [4.78, 5) is 37.5. The van der Waals surface area contributed by atoms with Crippen LogP contribution in [0.4, 0.5) is 4.79 Å². The fourth-order valence-electron chi connectivity index (χ4n) is 3.93. The molecule has 0 aromatic heterocycles. The molecular weight excluding hydrogens is 336 g/mol. The Labute approximate surface area is 155 Å². The number of carbonyl (C=O) groups is 3. The van der Waals surface area contributed by atoms with Gasteiger partial charge in [-0.2, -0.15) is 0 Å². The fourth-order valence-corrected chi connectivity index (χ4v) is 3.93. The Morgan fingerprint density at radius 3 is 2.50 bits per heavy atom. The number of aliphatic carboxylic acids is 1. The van der Waals surface area contributed by atoms with Gasteiger partial charge in [0.05, 0.1) is 11.8 Å². The predicted molar refractivity (Wildman–Crippen MR) is 96.7 cm³/mol. The number of carboxylic acids is 1. The first-order valence-corrected chi connectivity index (χ1v) is 9.59. The van der Waals surface area contributed by atoms with Crippen LogP contribution in [-0.2, 0) is 14.3 Å². The van der Waals surface area contributed by atoms with E-state index in [2.05, 4.69) is 5.32 Å². The van der Waals surface area contributed by atoms with Gasteiger partial charge in [0.1, 0.15) is 5.60 Å². The zero-order valence-corrected chi connectivity index (χ0v) is 16.2. The van der Waals surface area contributed by atoms with Crippen molar-refractivity contribution in [2.45, 2.75) is 71.3 Å². The fraction of sp³-hybridized carbons (Fsp3) is 0.842. The van der Waals surface area contributed by atoms with Crippen LogP contribution in [0.3, 0.4) is 0 Å². The number of hydrogen-bond donors (Lipinski definition) is 2. The molecule has 2 N–H and O–H groups in total. The summed E-state index contributed by atoms with van der Waals surface area (Å²) in [7, 11) is 0. The highest BCUT2D eigenvalue weighted by Crippen LogP contribution is 2.39. The minimum atomic E-state index is -0.915. The Morgan fingerprint density at radius 2 is 1.96 bits per heavy atom. The van der Waals surface area contributed by atoms with E-state index < -0.39 is 17.0 Å². The van der Waals surface area contributed by atoms with Gasteiger partial charge in [0.15, 0.2) is 0 Å². The zero-order valence-electron chi connectivity index (χ0n) is 16.2. The molecule has 7 nitrogen and oxygen atoms in total. The van der Waals surface area contributed by atoms with Crippen molar-refractivity contribution in [3.63, 3.8) is 0 Å². The van der Waals surface area contributed by atoms with Gasteiger partial charge in [0.25, 0.3) is 0 Å². The molecule has 26 heavy (non-hydrogen) atoms. The Morgan fingerprint density at radius 1 is 1.31 bits per heavy atom. The number of carbonyl (C=O) groups excluding carboxylic acids is 2. The molecule has 2 aliphatic heterocycles. The highest BCUT2D eigenvalue weighted by Gasteiger charge is 2.42. The van der Waals surface area contributed by atoms with E-state index in [9.17, 15) is 19.5 Å². The van der Waals surface area contributed by atoms with E-state index >= 15 is 0 Å². The van der Waals surface area contributed by atoms with E-state index in [1.54, 1.807) is 4.90 Å². The molecule has 0 aliphatic carbocycles. The Bertz CT molecular complexity index is 535. The molecule has 2 fully saturated rings. The highest BCUT2D eigenvalue weighted by atomic mass is 16.6. The minimum absolute atomic E-state index is 0.102. The van der Waals surface area contributed by atoms with Crippen molar-refractivity contribution < 1.29 is 24.2 Å². The summed E-state index contributed by atoms with van der Waals surface area (Å²) in [6, 6.07) is 0. The van der Waals surface area contributed by atoms with Gasteiger partial charge in [-0.1, -0.05) is 0 Å². The highest BCUT2D eigenvalue weighted by molar-refractivity contribution is 5.87. The van der Waals surface area contributed by atoms with Gasteiger partial charge in [0.2, 0.25) is 5.91 Å². The van der Waals surface area contributed by atoms with E-state index in [1.165, 1.54) is 0 Å². The molecule has 148 valence electrons. The molecule has 1 unspecified atom stereocenters. The smallest absolute Gasteiger partial charge is 0.410 e. The second kappa shape index (κ2) is 8.27. The Balaban J connectivity index is 1.85. The Kier molecular flexibility index (Phi) is 6.53. The van der Waals surface area contributed by atoms with Gasteiger partial charge >= 0.3 is 12.1 Å². The lowest BCUT2D eigenvalue weighted by Crippen LogP contribution is -2.47.